The van der Waals surface area contributed by atoms with E-state index in [4.69, 9.17) is 10.5 Å². The van der Waals surface area contributed by atoms with Crippen molar-refractivity contribution >= 4 is 27.3 Å². The second-order valence-corrected chi connectivity index (χ2v) is 5.81. The number of thiophene rings is 1. The molecule has 1 unspecified atom stereocenters. The zero-order valence-electron chi connectivity index (χ0n) is 8.63. The number of rotatable bonds is 4. The zero-order chi connectivity index (χ0) is 10.9. The molecule has 0 saturated carbocycles. The van der Waals surface area contributed by atoms with Gasteiger partial charge in [-0.3, -0.25) is 0 Å². The van der Waals surface area contributed by atoms with Gasteiger partial charge >= 0.3 is 0 Å². The molecule has 0 bridgehead atoms. The Bertz CT molecular complexity index is 332. The van der Waals surface area contributed by atoms with E-state index in [0.717, 1.165) is 17.7 Å². The first-order valence-electron chi connectivity index (χ1n) is 4.91. The molecule has 1 aliphatic heterocycles. The van der Waals surface area contributed by atoms with Gasteiger partial charge in [-0.2, -0.15) is 0 Å². The van der Waals surface area contributed by atoms with Crippen LogP contribution in [0.4, 0.5) is 0 Å². The van der Waals surface area contributed by atoms with Crippen LogP contribution in [0.5, 0.6) is 0 Å². The normalized spacial score (nSPS) is 21.0. The summed E-state index contributed by atoms with van der Waals surface area (Å²) < 4.78 is 6.45. The number of hydrogen-bond acceptors (Lipinski definition) is 4. The average Bonchev–Trinajstić information content (AvgIpc) is 2.58. The smallest absolute Gasteiger partial charge is 0.0575 e. The lowest BCUT2D eigenvalue weighted by molar-refractivity contribution is -0.126. The van der Waals surface area contributed by atoms with E-state index < -0.39 is 0 Å². The maximum atomic E-state index is 5.86. The molecule has 84 valence electrons. The lowest BCUT2D eigenvalue weighted by Gasteiger charge is -2.46. The molecule has 3 nitrogen and oxygen atoms in total. The second kappa shape index (κ2) is 4.51. The van der Waals surface area contributed by atoms with Crippen molar-refractivity contribution in [3.63, 3.8) is 0 Å². The molecule has 15 heavy (non-hydrogen) atoms. The van der Waals surface area contributed by atoms with Gasteiger partial charge in [0.15, 0.2) is 0 Å². The molecule has 5 heteroatoms. The Morgan fingerprint density at radius 1 is 1.73 bits per heavy atom. The summed E-state index contributed by atoms with van der Waals surface area (Å²) in [6.45, 7) is 2.17. The summed E-state index contributed by atoms with van der Waals surface area (Å²) in [5.74, 6) is 0. The zero-order valence-corrected chi connectivity index (χ0v) is 11.0. The molecule has 0 aliphatic carbocycles. The quantitative estimate of drug-likeness (QED) is 0.888. The fourth-order valence-electron chi connectivity index (χ4n) is 2.00. The maximum Gasteiger partial charge on any atom is 0.0575 e. The minimum absolute atomic E-state index is 0.0824. The third-order valence-corrected chi connectivity index (χ3v) is 4.72. The molecule has 1 atom stereocenters. The van der Waals surface area contributed by atoms with Crippen molar-refractivity contribution in [2.24, 2.45) is 11.1 Å². The van der Waals surface area contributed by atoms with Gasteiger partial charge in [-0.05, 0) is 29.0 Å². The van der Waals surface area contributed by atoms with Crippen molar-refractivity contribution in [1.29, 1.82) is 0 Å². The van der Waals surface area contributed by atoms with E-state index in [0.29, 0.717) is 12.6 Å². The SMILES string of the molecule is CNC(c1cc(Br)cs1)C1(CN)COC1. The fourth-order valence-corrected chi connectivity index (χ4v) is 3.69. The minimum atomic E-state index is 0.0824. The summed E-state index contributed by atoms with van der Waals surface area (Å²) in [6, 6.07) is 2.45. The van der Waals surface area contributed by atoms with E-state index in [2.05, 4.69) is 32.7 Å². The van der Waals surface area contributed by atoms with Crippen LogP contribution in [0.15, 0.2) is 15.9 Å². The number of halogens is 1. The number of nitrogens with two attached hydrogens (primary N) is 1. The van der Waals surface area contributed by atoms with E-state index in [9.17, 15) is 0 Å². The highest BCUT2D eigenvalue weighted by Crippen LogP contribution is 2.42. The second-order valence-electron chi connectivity index (χ2n) is 3.95. The molecule has 1 aliphatic rings. The molecule has 1 aromatic heterocycles. The van der Waals surface area contributed by atoms with Crippen molar-refractivity contribution in [2.45, 2.75) is 6.04 Å². The van der Waals surface area contributed by atoms with E-state index >= 15 is 0 Å². The van der Waals surface area contributed by atoms with Crippen molar-refractivity contribution in [2.75, 3.05) is 26.8 Å². The van der Waals surface area contributed by atoms with E-state index in [1.54, 1.807) is 11.3 Å². The molecule has 2 rings (SSSR count). The molecule has 0 aromatic carbocycles. The Kier molecular flexibility index (Phi) is 3.47. The molecule has 1 saturated heterocycles. The van der Waals surface area contributed by atoms with Crippen LogP contribution in [0, 0.1) is 5.41 Å². The van der Waals surface area contributed by atoms with Gasteiger partial charge in [-0.1, -0.05) is 0 Å². The number of hydrogen-bond donors (Lipinski definition) is 2. The lowest BCUT2D eigenvalue weighted by atomic mass is 9.77. The van der Waals surface area contributed by atoms with E-state index in [-0.39, 0.29) is 5.41 Å². The van der Waals surface area contributed by atoms with Gasteiger partial charge in [-0.25, -0.2) is 0 Å². The summed E-state index contributed by atoms with van der Waals surface area (Å²) in [7, 11) is 1.98. The first kappa shape index (κ1) is 11.5. The molecule has 2 heterocycles. The predicted molar refractivity (Wildman–Crippen MR) is 66.1 cm³/mol. The minimum Gasteiger partial charge on any atom is -0.380 e. The Balaban J connectivity index is 2.23. The van der Waals surface area contributed by atoms with Crippen molar-refractivity contribution in [3.8, 4) is 0 Å². The lowest BCUT2D eigenvalue weighted by Crippen LogP contribution is -2.55. The third kappa shape index (κ3) is 1.99. The molecule has 1 fully saturated rings. The largest absolute Gasteiger partial charge is 0.380 e. The highest BCUT2D eigenvalue weighted by Gasteiger charge is 2.45. The van der Waals surface area contributed by atoms with Gasteiger partial charge in [0.2, 0.25) is 0 Å². The molecule has 1 aromatic rings. The van der Waals surface area contributed by atoms with Gasteiger partial charge < -0.3 is 15.8 Å². The van der Waals surface area contributed by atoms with Gasteiger partial charge in [0.1, 0.15) is 0 Å². The first-order valence-corrected chi connectivity index (χ1v) is 6.58. The molecule has 3 N–H and O–H groups in total. The van der Waals surface area contributed by atoms with Gasteiger partial charge in [0.25, 0.3) is 0 Å². The topological polar surface area (TPSA) is 47.3 Å². The highest BCUT2D eigenvalue weighted by molar-refractivity contribution is 9.10. The summed E-state index contributed by atoms with van der Waals surface area (Å²) in [5.41, 5.74) is 5.94. The standard InChI is InChI=1S/C10H15BrN2OS/c1-13-9(8-2-7(11)3-15-8)10(4-12)5-14-6-10/h2-3,9,13H,4-6,12H2,1H3. The summed E-state index contributed by atoms with van der Waals surface area (Å²) in [4.78, 5) is 1.32. The van der Waals surface area contributed by atoms with E-state index in [1.807, 2.05) is 7.05 Å². The van der Waals surface area contributed by atoms with Crippen LogP contribution >= 0.6 is 27.3 Å². The van der Waals surface area contributed by atoms with Crippen molar-refractivity contribution in [3.05, 3.63) is 20.8 Å². The van der Waals surface area contributed by atoms with Crippen LogP contribution in [0.1, 0.15) is 10.9 Å². The summed E-state index contributed by atoms with van der Waals surface area (Å²) in [6.07, 6.45) is 0. The van der Waals surface area contributed by atoms with Crippen LogP contribution in [0.3, 0.4) is 0 Å². The van der Waals surface area contributed by atoms with Crippen LogP contribution in [0.25, 0.3) is 0 Å². The van der Waals surface area contributed by atoms with Crippen LogP contribution < -0.4 is 11.1 Å². The van der Waals surface area contributed by atoms with Crippen LogP contribution in [-0.4, -0.2) is 26.8 Å². The Labute approximate surface area is 102 Å². The Morgan fingerprint density at radius 3 is 2.80 bits per heavy atom. The van der Waals surface area contributed by atoms with Crippen molar-refractivity contribution < 1.29 is 4.74 Å². The molecular formula is C10H15BrN2OS. The number of nitrogens with one attached hydrogen (secondary N) is 1. The summed E-state index contributed by atoms with van der Waals surface area (Å²) in [5, 5.41) is 5.46. The van der Waals surface area contributed by atoms with Gasteiger partial charge in [0.05, 0.1) is 19.3 Å². The van der Waals surface area contributed by atoms with E-state index in [1.165, 1.54) is 4.88 Å². The van der Waals surface area contributed by atoms with Crippen molar-refractivity contribution in [1.82, 2.24) is 5.32 Å². The monoisotopic (exact) mass is 290 g/mol. The molecule has 0 spiro atoms. The molecule has 0 radical (unpaired) electrons. The molecular weight excluding hydrogens is 276 g/mol. The maximum absolute atomic E-state index is 5.86. The van der Waals surface area contributed by atoms with Crippen LogP contribution in [0.2, 0.25) is 0 Å². The predicted octanol–water partition coefficient (Wildman–Crippen LogP) is 1.75. The van der Waals surface area contributed by atoms with Gasteiger partial charge in [-0.15, -0.1) is 11.3 Å². The Morgan fingerprint density at radius 2 is 2.47 bits per heavy atom. The molecule has 0 amide bonds. The third-order valence-electron chi connectivity index (χ3n) is 2.96. The van der Waals surface area contributed by atoms with Gasteiger partial charge in [0, 0.05) is 26.7 Å². The fraction of sp³-hybridized carbons (Fsp3) is 0.600. The average molecular weight is 291 g/mol. The Hall–Kier alpha value is 0.0600. The van der Waals surface area contributed by atoms with Crippen LogP contribution in [-0.2, 0) is 4.74 Å². The first-order chi connectivity index (χ1) is 7.22. The highest BCUT2D eigenvalue weighted by atomic mass is 79.9. The summed E-state index contributed by atoms with van der Waals surface area (Å²) >= 11 is 5.23. The number of ether oxygens (including phenoxy) is 1.